The van der Waals surface area contributed by atoms with Crippen LogP contribution >= 0.6 is 23.4 Å². The van der Waals surface area contributed by atoms with Crippen molar-refractivity contribution in [1.82, 2.24) is 24.3 Å². The van der Waals surface area contributed by atoms with Gasteiger partial charge in [-0.05, 0) is 30.7 Å². The fourth-order valence-corrected chi connectivity index (χ4v) is 3.66. The molecule has 0 atom stereocenters. The van der Waals surface area contributed by atoms with E-state index in [1.807, 2.05) is 35.9 Å². The van der Waals surface area contributed by atoms with Gasteiger partial charge in [0.05, 0.1) is 19.1 Å². The van der Waals surface area contributed by atoms with Crippen molar-refractivity contribution in [3.63, 3.8) is 0 Å². The number of imidazole rings is 1. The number of benzene rings is 1. The Bertz CT molecular complexity index is 859. The molecular weight excluding hydrogens is 370 g/mol. The summed E-state index contributed by atoms with van der Waals surface area (Å²) in [4.78, 5) is 4.35. The summed E-state index contributed by atoms with van der Waals surface area (Å²) in [5.74, 6) is 3.31. The number of rotatable bonds is 8. The highest BCUT2D eigenvalue weighted by molar-refractivity contribution is 7.98. The first-order valence-electron chi connectivity index (χ1n) is 8.50. The molecule has 0 aliphatic heterocycles. The maximum Gasteiger partial charge on any atom is 0.191 e. The monoisotopic (exact) mass is 391 g/mol. The summed E-state index contributed by atoms with van der Waals surface area (Å²) in [6.07, 6.45) is 3.85. The zero-order valence-electron chi connectivity index (χ0n) is 15.1. The smallest absolute Gasteiger partial charge is 0.191 e. The number of hydrogen-bond donors (Lipinski definition) is 0. The number of nitrogens with zero attached hydrogens (tertiary/aromatic N) is 5. The molecular formula is C18H22ClN5OS. The highest BCUT2D eigenvalue weighted by atomic mass is 35.5. The Morgan fingerprint density at radius 3 is 2.58 bits per heavy atom. The summed E-state index contributed by atoms with van der Waals surface area (Å²) in [5.41, 5.74) is 1.03. The summed E-state index contributed by atoms with van der Waals surface area (Å²) in [5, 5.41) is 10.4. The Morgan fingerprint density at radius 2 is 1.96 bits per heavy atom. The summed E-state index contributed by atoms with van der Waals surface area (Å²) in [7, 11) is 3.58. The van der Waals surface area contributed by atoms with Crippen LogP contribution in [-0.2, 0) is 19.3 Å². The van der Waals surface area contributed by atoms with Crippen LogP contribution in [0.15, 0.2) is 35.6 Å². The summed E-state index contributed by atoms with van der Waals surface area (Å²) < 4.78 is 9.30. The first-order chi connectivity index (χ1) is 12.6. The maximum absolute atomic E-state index is 6.07. The van der Waals surface area contributed by atoms with Crippen LogP contribution in [0.3, 0.4) is 0 Å². The largest absolute Gasteiger partial charge is 0.497 e. The van der Waals surface area contributed by atoms with Crippen LogP contribution in [0.4, 0.5) is 0 Å². The molecule has 0 unspecified atom stereocenters. The SMILES string of the molecule is CCCCn1c(SCc2ncc(Cl)n2C)nnc1-c1ccc(OC)cc1. The molecule has 6 nitrogen and oxygen atoms in total. The van der Waals surface area contributed by atoms with Gasteiger partial charge in [-0.1, -0.05) is 36.7 Å². The van der Waals surface area contributed by atoms with E-state index >= 15 is 0 Å². The third-order valence-corrected chi connectivity index (χ3v) is 5.47. The van der Waals surface area contributed by atoms with Crippen LogP contribution in [0.1, 0.15) is 25.6 Å². The topological polar surface area (TPSA) is 57.8 Å². The summed E-state index contributed by atoms with van der Waals surface area (Å²) in [6.45, 7) is 3.06. The van der Waals surface area contributed by atoms with Gasteiger partial charge in [0.15, 0.2) is 11.0 Å². The van der Waals surface area contributed by atoms with Crippen LogP contribution in [-0.4, -0.2) is 31.4 Å². The number of ether oxygens (including phenoxy) is 1. The molecule has 0 aliphatic carbocycles. The fraction of sp³-hybridized carbons (Fsp3) is 0.389. The van der Waals surface area contributed by atoms with Gasteiger partial charge in [-0.15, -0.1) is 10.2 Å². The molecule has 0 aliphatic rings. The Balaban J connectivity index is 1.85. The number of aromatic nitrogens is 5. The molecule has 3 rings (SSSR count). The molecule has 26 heavy (non-hydrogen) atoms. The van der Waals surface area contributed by atoms with Crippen molar-refractivity contribution in [1.29, 1.82) is 0 Å². The van der Waals surface area contributed by atoms with E-state index in [0.717, 1.165) is 47.5 Å². The number of methoxy groups -OCH3 is 1. The second kappa shape index (κ2) is 8.60. The minimum atomic E-state index is 0.631. The van der Waals surface area contributed by atoms with Gasteiger partial charge in [0, 0.05) is 19.2 Å². The number of halogens is 1. The predicted octanol–water partition coefficient (Wildman–Crippen LogP) is 4.43. The van der Waals surface area contributed by atoms with Gasteiger partial charge >= 0.3 is 0 Å². The molecule has 0 saturated heterocycles. The number of hydrogen-bond acceptors (Lipinski definition) is 5. The normalized spacial score (nSPS) is 11.1. The second-order valence-electron chi connectivity index (χ2n) is 5.88. The number of unbranched alkanes of at least 4 members (excludes halogenated alkanes) is 1. The fourth-order valence-electron chi connectivity index (χ4n) is 2.55. The van der Waals surface area contributed by atoms with Gasteiger partial charge in [-0.25, -0.2) is 4.98 Å². The lowest BCUT2D eigenvalue weighted by Gasteiger charge is -2.10. The zero-order valence-corrected chi connectivity index (χ0v) is 16.7. The molecule has 2 aromatic heterocycles. The first kappa shape index (κ1) is 18.8. The zero-order chi connectivity index (χ0) is 18.5. The van der Waals surface area contributed by atoms with Gasteiger partial charge < -0.3 is 13.9 Å². The highest BCUT2D eigenvalue weighted by Crippen LogP contribution is 2.28. The van der Waals surface area contributed by atoms with E-state index < -0.39 is 0 Å². The van der Waals surface area contributed by atoms with Crippen LogP contribution in [0.5, 0.6) is 5.75 Å². The third kappa shape index (κ3) is 4.04. The van der Waals surface area contributed by atoms with Crippen molar-refractivity contribution in [2.24, 2.45) is 7.05 Å². The quantitative estimate of drug-likeness (QED) is 0.531. The summed E-state index contributed by atoms with van der Waals surface area (Å²) in [6, 6.07) is 7.91. The molecule has 0 radical (unpaired) electrons. The molecule has 0 bridgehead atoms. The van der Waals surface area contributed by atoms with Gasteiger partial charge in [-0.2, -0.15) is 0 Å². The van der Waals surface area contributed by atoms with E-state index in [0.29, 0.717) is 10.9 Å². The van der Waals surface area contributed by atoms with Crippen molar-refractivity contribution in [3.05, 3.63) is 41.4 Å². The molecule has 0 spiro atoms. The van der Waals surface area contributed by atoms with Crippen LogP contribution < -0.4 is 4.74 Å². The van der Waals surface area contributed by atoms with E-state index in [4.69, 9.17) is 16.3 Å². The Labute approximate surface area is 162 Å². The maximum atomic E-state index is 6.07. The van der Waals surface area contributed by atoms with E-state index in [2.05, 4.69) is 26.7 Å². The van der Waals surface area contributed by atoms with Crippen LogP contribution in [0, 0.1) is 0 Å². The van der Waals surface area contributed by atoms with Crippen molar-refractivity contribution >= 4 is 23.4 Å². The molecule has 138 valence electrons. The predicted molar refractivity (Wildman–Crippen MR) is 105 cm³/mol. The first-order valence-corrected chi connectivity index (χ1v) is 9.87. The van der Waals surface area contributed by atoms with Gasteiger partial charge in [0.1, 0.15) is 16.7 Å². The molecule has 1 aromatic carbocycles. The average molecular weight is 392 g/mol. The minimum Gasteiger partial charge on any atom is -0.497 e. The lowest BCUT2D eigenvalue weighted by molar-refractivity contribution is 0.415. The molecule has 2 heterocycles. The minimum absolute atomic E-state index is 0.631. The summed E-state index contributed by atoms with van der Waals surface area (Å²) >= 11 is 7.69. The van der Waals surface area contributed by atoms with Crippen molar-refractivity contribution in [3.8, 4) is 17.1 Å². The van der Waals surface area contributed by atoms with Gasteiger partial charge in [0.25, 0.3) is 0 Å². The molecule has 0 saturated carbocycles. The highest BCUT2D eigenvalue weighted by Gasteiger charge is 2.15. The molecule has 0 fully saturated rings. The second-order valence-corrected chi connectivity index (χ2v) is 7.21. The van der Waals surface area contributed by atoms with E-state index in [1.54, 1.807) is 25.1 Å². The Morgan fingerprint density at radius 1 is 1.19 bits per heavy atom. The average Bonchev–Trinajstić information content (AvgIpc) is 3.22. The third-order valence-electron chi connectivity index (χ3n) is 4.16. The van der Waals surface area contributed by atoms with Gasteiger partial charge in [-0.3, -0.25) is 0 Å². The van der Waals surface area contributed by atoms with E-state index in [-0.39, 0.29) is 0 Å². The number of thioether (sulfide) groups is 1. The molecule has 8 heteroatoms. The van der Waals surface area contributed by atoms with Crippen LogP contribution in [0.25, 0.3) is 11.4 Å². The van der Waals surface area contributed by atoms with Crippen molar-refractivity contribution < 1.29 is 4.74 Å². The molecule has 0 amide bonds. The lowest BCUT2D eigenvalue weighted by atomic mass is 10.2. The van der Waals surface area contributed by atoms with Gasteiger partial charge in [0.2, 0.25) is 0 Å². The standard InChI is InChI=1S/C18H22ClN5OS/c1-4-5-10-24-17(13-6-8-14(25-3)9-7-13)21-22-18(24)26-12-16-20-11-15(19)23(16)2/h6-9,11H,4-5,10,12H2,1-3H3. The van der Waals surface area contributed by atoms with E-state index in [9.17, 15) is 0 Å². The van der Waals surface area contributed by atoms with E-state index in [1.165, 1.54) is 0 Å². The Kier molecular flexibility index (Phi) is 6.21. The molecule has 3 aromatic rings. The molecule has 0 N–H and O–H groups in total. The Hall–Kier alpha value is -1.99. The van der Waals surface area contributed by atoms with Crippen LogP contribution in [0.2, 0.25) is 5.15 Å². The van der Waals surface area contributed by atoms with Crippen molar-refractivity contribution in [2.45, 2.75) is 37.2 Å². The lowest BCUT2D eigenvalue weighted by Crippen LogP contribution is -2.03. The van der Waals surface area contributed by atoms with Crippen molar-refractivity contribution in [2.75, 3.05) is 7.11 Å².